The van der Waals surface area contributed by atoms with Crippen LogP contribution in [0.2, 0.25) is 0 Å². The van der Waals surface area contributed by atoms with Gasteiger partial charge in [0.1, 0.15) is 0 Å². The van der Waals surface area contributed by atoms with Crippen LogP contribution in [0.1, 0.15) is 24.8 Å². The molecule has 0 aliphatic carbocycles. The summed E-state index contributed by atoms with van der Waals surface area (Å²) in [6.45, 7) is 3.83. The van der Waals surface area contributed by atoms with Crippen molar-refractivity contribution in [3.05, 3.63) is 35.9 Å². The third-order valence-corrected chi connectivity index (χ3v) is 3.95. The Hall–Kier alpha value is -1.06. The van der Waals surface area contributed by atoms with Crippen LogP contribution in [0.4, 0.5) is 0 Å². The van der Waals surface area contributed by atoms with Gasteiger partial charge in [-0.15, -0.1) is 11.6 Å². The van der Waals surface area contributed by atoms with Crippen molar-refractivity contribution >= 4 is 17.5 Å². The molecule has 2 atom stereocenters. The Labute approximate surface area is 119 Å². The van der Waals surface area contributed by atoms with Gasteiger partial charge in [-0.2, -0.15) is 0 Å². The minimum absolute atomic E-state index is 0.000629. The molecule has 2 unspecified atom stereocenters. The van der Waals surface area contributed by atoms with Gasteiger partial charge in [-0.05, 0) is 12.0 Å². The maximum Gasteiger partial charge on any atom is 0.230 e. The van der Waals surface area contributed by atoms with Gasteiger partial charge in [-0.25, -0.2) is 0 Å². The monoisotopic (exact) mass is 281 g/mol. The van der Waals surface area contributed by atoms with Crippen LogP contribution in [0, 0.1) is 0 Å². The van der Waals surface area contributed by atoms with Crippen molar-refractivity contribution in [1.82, 2.24) is 4.90 Å². The smallest absolute Gasteiger partial charge is 0.230 e. The van der Waals surface area contributed by atoms with E-state index < -0.39 is 0 Å². The number of benzene rings is 1. The van der Waals surface area contributed by atoms with Gasteiger partial charge in [-0.1, -0.05) is 37.3 Å². The lowest BCUT2D eigenvalue weighted by Gasteiger charge is -2.36. The number of ether oxygens (including phenoxy) is 1. The lowest BCUT2D eigenvalue weighted by molar-refractivity contribution is -0.140. The number of hydrogen-bond donors (Lipinski definition) is 0. The fourth-order valence-electron chi connectivity index (χ4n) is 2.51. The van der Waals surface area contributed by atoms with Crippen molar-refractivity contribution in [2.75, 3.05) is 25.6 Å². The highest BCUT2D eigenvalue weighted by molar-refractivity contribution is 6.18. The third kappa shape index (κ3) is 3.28. The largest absolute Gasteiger partial charge is 0.377 e. The predicted molar refractivity (Wildman–Crippen MR) is 76.5 cm³/mol. The molecule has 1 amide bonds. The quantitative estimate of drug-likeness (QED) is 0.794. The summed E-state index contributed by atoms with van der Waals surface area (Å²) in [6.07, 6.45) is 0.801. The van der Waals surface area contributed by atoms with Crippen LogP contribution >= 0.6 is 11.6 Å². The first-order valence-corrected chi connectivity index (χ1v) is 7.30. The van der Waals surface area contributed by atoms with Gasteiger partial charge in [0, 0.05) is 12.4 Å². The number of halogens is 1. The van der Waals surface area contributed by atoms with E-state index in [1.165, 1.54) is 0 Å². The average Bonchev–Trinajstić information content (AvgIpc) is 2.49. The molecule has 0 spiro atoms. The van der Waals surface area contributed by atoms with E-state index >= 15 is 0 Å². The number of nitrogens with zero attached hydrogens (tertiary/aromatic N) is 1. The Bertz CT molecular complexity index is 410. The minimum Gasteiger partial charge on any atom is -0.377 e. The molecule has 1 aromatic rings. The fourth-order valence-corrected chi connectivity index (χ4v) is 2.77. The molecule has 1 heterocycles. The molecule has 0 bridgehead atoms. The van der Waals surface area contributed by atoms with E-state index in [0.717, 1.165) is 12.0 Å². The molecule has 19 heavy (non-hydrogen) atoms. The van der Waals surface area contributed by atoms with Crippen LogP contribution in [-0.2, 0) is 9.53 Å². The Morgan fingerprint density at radius 3 is 2.84 bits per heavy atom. The summed E-state index contributed by atoms with van der Waals surface area (Å²) in [4.78, 5) is 14.6. The minimum atomic E-state index is -0.0787. The Balaban J connectivity index is 2.16. The average molecular weight is 282 g/mol. The lowest BCUT2D eigenvalue weighted by Crippen LogP contribution is -2.51. The third-order valence-electron chi connectivity index (χ3n) is 3.60. The maximum absolute atomic E-state index is 12.7. The zero-order valence-electron chi connectivity index (χ0n) is 11.2. The molecule has 0 N–H and O–H groups in total. The normalized spacial score (nSPS) is 21.2. The van der Waals surface area contributed by atoms with E-state index in [0.29, 0.717) is 25.6 Å². The number of amides is 1. The number of hydrogen-bond acceptors (Lipinski definition) is 2. The molecule has 4 heteroatoms. The molecule has 104 valence electrons. The summed E-state index contributed by atoms with van der Waals surface area (Å²) >= 11 is 5.94. The van der Waals surface area contributed by atoms with Gasteiger partial charge in [-0.3, -0.25) is 4.79 Å². The molecule has 1 fully saturated rings. The molecule has 1 aromatic carbocycles. The molecule has 3 nitrogen and oxygen atoms in total. The summed E-state index contributed by atoms with van der Waals surface area (Å²) in [7, 11) is 0. The fraction of sp³-hybridized carbons (Fsp3) is 0.533. The highest BCUT2D eigenvalue weighted by Crippen LogP contribution is 2.24. The van der Waals surface area contributed by atoms with Crippen molar-refractivity contribution in [2.24, 2.45) is 0 Å². The van der Waals surface area contributed by atoms with E-state index in [1.54, 1.807) is 0 Å². The number of rotatable bonds is 4. The van der Waals surface area contributed by atoms with Gasteiger partial charge >= 0.3 is 0 Å². The second-order valence-corrected chi connectivity index (χ2v) is 5.09. The molecule has 0 aromatic heterocycles. The predicted octanol–water partition coefficient (Wildman–Crippen LogP) is 2.65. The molecule has 1 saturated heterocycles. The van der Waals surface area contributed by atoms with E-state index in [9.17, 15) is 4.79 Å². The Kier molecular flexibility index (Phi) is 5.23. The Morgan fingerprint density at radius 2 is 2.21 bits per heavy atom. The van der Waals surface area contributed by atoms with E-state index in [1.807, 2.05) is 42.2 Å². The van der Waals surface area contributed by atoms with E-state index in [4.69, 9.17) is 16.3 Å². The van der Waals surface area contributed by atoms with E-state index in [-0.39, 0.29) is 17.9 Å². The van der Waals surface area contributed by atoms with Crippen LogP contribution in [0.5, 0.6) is 0 Å². The topological polar surface area (TPSA) is 29.5 Å². The Morgan fingerprint density at radius 1 is 1.47 bits per heavy atom. The highest BCUT2D eigenvalue weighted by Gasteiger charge is 2.31. The summed E-state index contributed by atoms with van der Waals surface area (Å²) in [6, 6.07) is 9.95. The summed E-state index contributed by atoms with van der Waals surface area (Å²) in [5, 5.41) is 0. The van der Waals surface area contributed by atoms with Gasteiger partial charge in [0.15, 0.2) is 0 Å². The SMILES string of the molecule is CCC(C(=O)N1CCOCC1CCl)c1ccccc1. The van der Waals surface area contributed by atoms with Crippen molar-refractivity contribution in [2.45, 2.75) is 25.3 Å². The second kappa shape index (κ2) is 6.92. The summed E-state index contributed by atoms with van der Waals surface area (Å²) < 4.78 is 5.39. The summed E-state index contributed by atoms with van der Waals surface area (Å²) in [5.41, 5.74) is 1.08. The lowest BCUT2D eigenvalue weighted by atomic mass is 9.94. The number of morpholine rings is 1. The molecule has 2 rings (SSSR count). The van der Waals surface area contributed by atoms with Crippen LogP contribution in [-0.4, -0.2) is 42.5 Å². The molecule has 0 saturated carbocycles. The number of carbonyl (C=O) groups excluding carboxylic acids is 1. The van der Waals surface area contributed by atoms with E-state index in [2.05, 4.69) is 0 Å². The van der Waals surface area contributed by atoms with Crippen LogP contribution < -0.4 is 0 Å². The molecule has 0 radical (unpaired) electrons. The second-order valence-electron chi connectivity index (χ2n) is 4.79. The van der Waals surface area contributed by atoms with Crippen LogP contribution in [0.15, 0.2) is 30.3 Å². The molecule has 1 aliphatic heterocycles. The van der Waals surface area contributed by atoms with Crippen molar-refractivity contribution in [1.29, 1.82) is 0 Å². The molecular weight excluding hydrogens is 262 g/mol. The molecule has 1 aliphatic rings. The van der Waals surface area contributed by atoms with Crippen LogP contribution in [0.3, 0.4) is 0 Å². The van der Waals surface area contributed by atoms with Gasteiger partial charge in [0.25, 0.3) is 0 Å². The van der Waals surface area contributed by atoms with Crippen molar-refractivity contribution in [3.8, 4) is 0 Å². The first-order chi connectivity index (χ1) is 9.27. The van der Waals surface area contributed by atoms with Gasteiger partial charge in [0.2, 0.25) is 5.91 Å². The maximum atomic E-state index is 12.7. The number of carbonyl (C=O) groups is 1. The first kappa shape index (κ1) is 14.4. The van der Waals surface area contributed by atoms with Crippen molar-refractivity contribution in [3.63, 3.8) is 0 Å². The zero-order chi connectivity index (χ0) is 13.7. The summed E-state index contributed by atoms with van der Waals surface area (Å²) in [5.74, 6) is 0.518. The molecular formula is C15H20ClNO2. The van der Waals surface area contributed by atoms with Crippen LogP contribution in [0.25, 0.3) is 0 Å². The highest BCUT2D eigenvalue weighted by atomic mass is 35.5. The van der Waals surface area contributed by atoms with Gasteiger partial charge in [0.05, 0.1) is 25.2 Å². The first-order valence-electron chi connectivity index (χ1n) is 6.77. The van der Waals surface area contributed by atoms with Crippen molar-refractivity contribution < 1.29 is 9.53 Å². The zero-order valence-corrected chi connectivity index (χ0v) is 12.0. The van der Waals surface area contributed by atoms with Gasteiger partial charge < -0.3 is 9.64 Å². The standard InChI is InChI=1S/C15H20ClNO2/c1-2-14(12-6-4-3-5-7-12)15(18)17-8-9-19-11-13(17)10-16/h3-7,13-14H,2,8-11H2,1H3. The number of alkyl halides is 1.